The molecule has 2 heterocycles. The fourth-order valence-electron chi connectivity index (χ4n) is 3.32. The number of nitrogens with zero attached hydrogens (tertiary/aromatic N) is 2. The van der Waals surface area contributed by atoms with Gasteiger partial charge in [-0.15, -0.1) is 0 Å². The lowest BCUT2D eigenvalue weighted by Gasteiger charge is -2.36. The highest BCUT2D eigenvalue weighted by molar-refractivity contribution is 5.92. The predicted octanol–water partition coefficient (Wildman–Crippen LogP) is 0.655. The Balaban J connectivity index is 1.66. The third-order valence-electron chi connectivity index (χ3n) is 4.37. The first kappa shape index (κ1) is 13.0. The van der Waals surface area contributed by atoms with Gasteiger partial charge in [0, 0.05) is 18.8 Å². The molecule has 2 aliphatic rings. The van der Waals surface area contributed by atoms with Crippen LogP contribution in [0, 0.1) is 5.41 Å². The van der Waals surface area contributed by atoms with E-state index in [1.165, 1.54) is 6.33 Å². The SMILES string of the molecule is O=C(NC1CCC[C@]2(CCNC2=O)C1)c1ccncn1. The molecule has 3 rings (SSSR count). The Hall–Kier alpha value is -1.98. The normalized spacial score (nSPS) is 29.2. The second-order valence-corrected chi connectivity index (χ2v) is 5.65. The van der Waals surface area contributed by atoms with Crippen molar-refractivity contribution in [1.29, 1.82) is 0 Å². The van der Waals surface area contributed by atoms with Gasteiger partial charge >= 0.3 is 0 Å². The van der Waals surface area contributed by atoms with Gasteiger partial charge in [0.1, 0.15) is 12.0 Å². The highest BCUT2D eigenvalue weighted by atomic mass is 16.2. The van der Waals surface area contributed by atoms with E-state index < -0.39 is 0 Å². The zero-order valence-electron chi connectivity index (χ0n) is 11.3. The molecule has 0 aromatic carbocycles. The molecule has 1 aromatic heterocycles. The average Bonchev–Trinajstić information content (AvgIpc) is 2.81. The van der Waals surface area contributed by atoms with Gasteiger partial charge < -0.3 is 10.6 Å². The lowest BCUT2D eigenvalue weighted by atomic mass is 9.71. The fourth-order valence-corrected chi connectivity index (χ4v) is 3.32. The van der Waals surface area contributed by atoms with Crippen molar-refractivity contribution in [3.8, 4) is 0 Å². The highest BCUT2D eigenvalue weighted by Gasteiger charge is 2.45. The van der Waals surface area contributed by atoms with Crippen LogP contribution in [0.15, 0.2) is 18.6 Å². The quantitative estimate of drug-likeness (QED) is 0.829. The maximum atomic E-state index is 12.1. The smallest absolute Gasteiger partial charge is 0.270 e. The van der Waals surface area contributed by atoms with Gasteiger partial charge in [-0.25, -0.2) is 9.97 Å². The number of amides is 2. The van der Waals surface area contributed by atoms with Crippen molar-refractivity contribution >= 4 is 11.8 Å². The molecule has 1 aromatic rings. The van der Waals surface area contributed by atoms with E-state index in [9.17, 15) is 9.59 Å². The van der Waals surface area contributed by atoms with Crippen LogP contribution < -0.4 is 10.6 Å². The summed E-state index contributed by atoms with van der Waals surface area (Å²) in [6.07, 6.45) is 7.35. The van der Waals surface area contributed by atoms with Crippen molar-refractivity contribution in [2.75, 3.05) is 6.54 Å². The summed E-state index contributed by atoms with van der Waals surface area (Å²) < 4.78 is 0. The predicted molar refractivity (Wildman–Crippen MR) is 71.8 cm³/mol. The van der Waals surface area contributed by atoms with Crippen LogP contribution in [-0.2, 0) is 4.79 Å². The number of carbonyl (C=O) groups is 2. The lowest BCUT2D eigenvalue weighted by molar-refractivity contribution is -0.129. The summed E-state index contributed by atoms with van der Waals surface area (Å²) in [5, 5.41) is 5.91. The molecule has 6 heteroatoms. The van der Waals surface area contributed by atoms with E-state index in [0.717, 1.165) is 38.6 Å². The third-order valence-corrected chi connectivity index (χ3v) is 4.37. The summed E-state index contributed by atoms with van der Waals surface area (Å²) in [5.74, 6) is -0.0358. The van der Waals surface area contributed by atoms with Crippen LogP contribution in [0.25, 0.3) is 0 Å². The standard InChI is InChI=1S/C14H18N4O2/c19-12(11-3-6-15-9-17-11)18-10-2-1-4-14(8-10)5-7-16-13(14)20/h3,6,9-10H,1-2,4-5,7-8H2,(H,16,20)(H,18,19)/t10?,14-/m0/s1. The van der Waals surface area contributed by atoms with E-state index in [1.807, 2.05) is 0 Å². The van der Waals surface area contributed by atoms with Gasteiger partial charge in [0.25, 0.3) is 5.91 Å². The first-order valence-corrected chi connectivity index (χ1v) is 7.05. The minimum absolute atomic E-state index is 0.0510. The summed E-state index contributed by atoms with van der Waals surface area (Å²) >= 11 is 0. The van der Waals surface area contributed by atoms with Crippen molar-refractivity contribution < 1.29 is 9.59 Å². The topological polar surface area (TPSA) is 84.0 Å². The summed E-state index contributed by atoms with van der Waals surface area (Å²) in [7, 11) is 0. The van der Waals surface area contributed by atoms with Crippen LogP contribution in [0.3, 0.4) is 0 Å². The zero-order valence-corrected chi connectivity index (χ0v) is 11.3. The number of carbonyl (C=O) groups excluding carboxylic acids is 2. The van der Waals surface area contributed by atoms with Crippen molar-refractivity contribution in [2.24, 2.45) is 5.41 Å². The van der Waals surface area contributed by atoms with Crippen molar-refractivity contribution in [1.82, 2.24) is 20.6 Å². The van der Waals surface area contributed by atoms with Gasteiger partial charge in [-0.2, -0.15) is 0 Å². The number of rotatable bonds is 2. The van der Waals surface area contributed by atoms with Gasteiger partial charge in [-0.3, -0.25) is 9.59 Å². The molecule has 1 aliphatic carbocycles. The molecule has 2 amide bonds. The van der Waals surface area contributed by atoms with E-state index in [0.29, 0.717) is 5.69 Å². The molecule has 2 fully saturated rings. The van der Waals surface area contributed by atoms with E-state index in [4.69, 9.17) is 0 Å². The van der Waals surface area contributed by atoms with E-state index in [-0.39, 0.29) is 23.3 Å². The summed E-state index contributed by atoms with van der Waals surface area (Å²) in [5.41, 5.74) is 0.109. The van der Waals surface area contributed by atoms with Gasteiger partial charge in [0.15, 0.2) is 0 Å². The van der Waals surface area contributed by atoms with Crippen molar-refractivity contribution in [3.05, 3.63) is 24.3 Å². The molecule has 0 radical (unpaired) electrons. The Labute approximate surface area is 117 Å². The number of hydrogen-bond acceptors (Lipinski definition) is 4. The largest absolute Gasteiger partial charge is 0.356 e. The lowest BCUT2D eigenvalue weighted by Crippen LogP contribution is -2.45. The molecule has 1 spiro atoms. The molecule has 0 bridgehead atoms. The fraction of sp³-hybridized carbons (Fsp3) is 0.571. The Morgan fingerprint density at radius 3 is 3.05 bits per heavy atom. The van der Waals surface area contributed by atoms with Gasteiger partial charge in [0.05, 0.1) is 5.41 Å². The molecule has 2 N–H and O–H groups in total. The second-order valence-electron chi connectivity index (χ2n) is 5.65. The number of hydrogen-bond donors (Lipinski definition) is 2. The Morgan fingerprint density at radius 1 is 1.45 bits per heavy atom. The van der Waals surface area contributed by atoms with Gasteiger partial charge in [-0.05, 0) is 31.7 Å². The summed E-state index contributed by atoms with van der Waals surface area (Å²) in [4.78, 5) is 31.8. The molecule has 1 unspecified atom stereocenters. The van der Waals surface area contributed by atoms with Gasteiger partial charge in [-0.1, -0.05) is 6.42 Å². The van der Waals surface area contributed by atoms with Crippen LogP contribution in [0.5, 0.6) is 0 Å². The molecular formula is C14H18N4O2. The van der Waals surface area contributed by atoms with E-state index in [1.54, 1.807) is 12.3 Å². The highest BCUT2D eigenvalue weighted by Crippen LogP contribution is 2.41. The molecule has 106 valence electrons. The maximum Gasteiger partial charge on any atom is 0.270 e. The van der Waals surface area contributed by atoms with Crippen LogP contribution in [0.2, 0.25) is 0 Å². The first-order chi connectivity index (χ1) is 9.70. The van der Waals surface area contributed by atoms with Crippen LogP contribution in [0.4, 0.5) is 0 Å². The first-order valence-electron chi connectivity index (χ1n) is 7.05. The Morgan fingerprint density at radius 2 is 2.35 bits per heavy atom. The second kappa shape index (κ2) is 5.19. The third kappa shape index (κ3) is 2.37. The number of nitrogens with one attached hydrogen (secondary N) is 2. The van der Waals surface area contributed by atoms with Crippen LogP contribution >= 0.6 is 0 Å². The summed E-state index contributed by atoms with van der Waals surface area (Å²) in [6, 6.07) is 1.64. The summed E-state index contributed by atoms with van der Waals surface area (Å²) in [6.45, 7) is 0.755. The van der Waals surface area contributed by atoms with Crippen LogP contribution in [-0.4, -0.2) is 34.4 Å². The maximum absolute atomic E-state index is 12.1. The molecule has 1 saturated heterocycles. The minimum Gasteiger partial charge on any atom is -0.356 e. The van der Waals surface area contributed by atoms with Crippen molar-refractivity contribution in [2.45, 2.75) is 38.1 Å². The average molecular weight is 274 g/mol. The molecule has 20 heavy (non-hydrogen) atoms. The van der Waals surface area contributed by atoms with Gasteiger partial charge in [0.2, 0.25) is 5.91 Å². The molecule has 2 atom stereocenters. The monoisotopic (exact) mass is 274 g/mol. The zero-order chi connectivity index (χ0) is 14.0. The Kier molecular flexibility index (Phi) is 3.38. The molecule has 6 nitrogen and oxygen atoms in total. The minimum atomic E-state index is -0.262. The van der Waals surface area contributed by atoms with Crippen LogP contribution in [0.1, 0.15) is 42.6 Å². The molecular weight excluding hydrogens is 256 g/mol. The van der Waals surface area contributed by atoms with E-state index in [2.05, 4.69) is 20.6 Å². The molecule has 1 saturated carbocycles. The number of aromatic nitrogens is 2. The van der Waals surface area contributed by atoms with E-state index >= 15 is 0 Å². The van der Waals surface area contributed by atoms with Crippen molar-refractivity contribution in [3.63, 3.8) is 0 Å². The Bertz CT molecular complexity index is 519. The molecule has 1 aliphatic heterocycles.